The van der Waals surface area contributed by atoms with E-state index in [9.17, 15) is 4.79 Å². The van der Waals surface area contributed by atoms with E-state index in [0.717, 1.165) is 20.9 Å². The van der Waals surface area contributed by atoms with Crippen molar-refractivity contribution in [3.63, 3.8) is 0 Å². The van der Waals surface area contributed by atoms with Crippen LogP contribution in [-0.2, 0) is 16.0 Å². The molecular formula is C10H11BrO2S2. The fourth-order valence-electron chi connectivity index (χ4n) is 1.41. The zero-order valence-corrected chi connectivity index (χ0v) is 11.3. The molecule has 2 heterocycles. The first kappa shape index (κ1) is 11.6. The first-order valence-corrected chi connectivity index (χ1v) is 7.53. The van der Waals surface area contributed by atoms with Gasteiger partial charge in [0.05, 0.1) is 6.61 Å². The van der Waals surface area contributed by atoms with Crippen LogP contribution in [0.15, 0.2) is 15.9 Å². The molecule has 0 spiro atoms. The van der Waals surface area contributed by atoms with Crippen LogP contribution in [0.2, 0.25) is 0 Å². The van der Waals surface area contributed by atoms with E-state index < -0.39 is 0 Å². The average Bonchev–Trinajstić information content (AvgIpc) is 2.65. The highest BCUT2D eigenvalue weighted by atomic mass is 79.9. The minimum absolute atomic E-state index is 0.190. The normalized spacial score (nSPS) is 21.5. The van der Waals surface area contributed by atoms with Crippen molar-refractivity contribution in [3.8, 4) is 0 Å². The largest absolute Gasteiger partial charge is 0.369 e. The number of ketones is 1. The van der Waals surface area contributed by atoms with Crippen molar-refractivity contribution < 1.29 is 9.53 Å². The molecule has 0 radical (unpaired) electrons. The number of Topliss-reactive ketones (excluding diaryl/α,β-unsaturated/α-hetero) is 1. The van der Waals surface area contributed by atoms with Crippen molar-refractivity contribution in [3.05, 3.63) is 20.8 Å². The number of halogens is 1. The molecule has 0 bridgehead atoms. The second-order valence-corrected chi connectivity index (χ2v) is 6.37. The fraction of sp³-hybridized carbons (Fsp3) is 0.500. The van der Waals surface area contributed by atoms with E-state index >= 15 is 0 Å². The topological polar surface area (TPSA) is 26.3 Å². The Morgan fingerprint density at radius 1 is 1.67 bits per heavy atom. The molecule has 2 rings (SSSR count). The fourth-order valence-corrected chi connectivity index (χ4v) is 3.74. The highest BCUT2D eigenvalue weighted by molar-refractivity contribution is 9.10. The SMILES string of the molecule is O=C(Cc1cc(Br)cs1)C1CSCCO1. The molecule has 1 unspecified atom stereocenters. The number of rotatable bonds is 3. The summed E-state index contributed by atoms with van der Waals surface area (Å²) in [5.41, 5.74) is 0. The Morgan fingerprint density at radius 3 is 3.13 bits per heavy atom. The second-order valence-electron chi connectivity index (χ2n) is 3.31. The summed E-state index contributed by atoms with van der Waals surface area (Å²) in [6.07, 6.45) is 0.311. The van der Waals surface area contributed by atoms with Crippen molar-refractivity contribution in [1.82, 2.24) is 0 Å². The van der Waals surface area contributed by atoms with Crippen LogP contribution < -0.4 is 0 Å². The summed E-state index contributed by atoms with van der Waals surface area (Å²) in [5, 5.41) is 2.00. The molecule has 0 N–H and O–H groups in total. The smallest absolute Gasteiger partial charge is 0.167 e. The van der Waals surface area contributed by atoms with Crippen LogP contribution in [0.4, 0.5) is 0 Å². The monoisotopic (exact) mass is 306 g/mol. The molecule has 1 aromatic rings. The summed E-state index contributed by atoms with van der Waals surface area (Å²) < 4.78 is 6.49. The van der Waals surface area contributed by atoms with Crippen LogP contribution in [0.3, 0.4) is 0 Å². The quantitative estimate of drug-likeness (QED) is 0.859. The van der Waals surface area contributed by atoms with Crippen LogP contribution in [0.25, 0.3) is 0 Å². The van der Waals surface area contributed by atoms with Crippen molar-refractivity contribution in [1.29, 1.82) is 0 Å². The molecule has 1 atom stereocenters. The molecule has 1 aliphatic heterocycles. The number of ether oxygens (including phenoxy) is 1. The van der Waals surface area contributed by atoms with Crippen LogP contribution in [0, 0.1) is 0 Å². The summed E-state index contributed by atoms with van der Waals surface area (Å²) in [5.74, 6) is 2.02. The number of hydrogen-bond acceptors (Lipinski definition) is 4. The lowest BCUT2D eigenvalue weighted by Gasteiger charge is -2.20. The molecule has 82 valence electrons. The zero-order valence-electron chi connectivity index (χ0n) is 8.07. The van der Waals surface area contributed by atoms with Gasteiger partial charge >= 0.3 is 0 Å². The van der Waals surface area contributed by atoms with Crippen LogP contribution in [-0.4, -0.2) is 30.0 Å². The molecule has 0 saturated carbocycles. The van der Waals surface area contributed by atoms with Gasteiger partial charge in [-0.15, -0.1) is 11.3 Å². The summed E-state index contributed by atoms with van der Waals surface area (Å²) in [7, 11) is 0. The molecule has 5 heteroatoms. The Bertz CT molecular complexity index is 345. The summed E-state index contributed by atoms with van der Waals surface area (Å²) in [4.78, 5) is 12.9. The predicted molar refractivity (Wildman–Crippen MR) is 67.8 cm³/mol. The molecule has 1 aliphatic rings. The first-order chi connectivity index (χ1) is 7.25. The average molecular weight is 307 g/mol. The number of hydrogen-bond donors (Lipinski definition) is 0. The van der Waals surface area contributed by atoms with Gasteiger partial charge in [-0.3, -0.25) is 4.79 Å². The maximum absolute atomic E-state index is 11.8. The highest BCUT2D eigenvalue weighted by Crippen LogP contribution is 2.22. The van der Waals surface area contributed by atoms with E-state index in [4.69, 9.17) is 4.74 Å². The molecule has 0 aromatic carbocycles. The number of carbonyl (C=O) groups is 1. The predicted octanol–water partition coefficient (Wildman–Crippen LogP) is 2.75. The Morgan fingerprint density at radius 2 is 2.53 bits per heavy atom. The molecule has 2 nitrogen and oxygen atoms in total. The summed E-state index contributed by atoms with van der Waals surface area (Å²) >= 11 is 6.79. The third kappa shape index (κ3) is 3.31. The van der Waals surface area contributed by atoms with Gasteiger partial charge in [-0.1, -0.05) is 0 Å². The zero-order chi connectivity index (χ0) is 10.7. The van der Waals surface area contributed by atoms with E-state index in [1.54, 1.807) is 23.1 Å². The number of thioether (sulfide) groups is 1. The lowest BCUT2D eigenvalue weighted by molar-refractivity contribution is -0.128. The number of carbonyl (C=O) groups excluding carboxylic acids is 1. The third-order valence-electron chi connectivity index (χ3n) is 2.15. The Kier molecular flexibility index (Phi) is 4.25. The molecule has 1 saturated heterocycles. The Hall–Kier alpha value is 0.160. The van der Waals surface area contributed by atoms with Gasteiger partial charge < -0.3 is 4.74 Å². The highest BCUT2D eigenvalue weighted by Gasteiger charge is 2.22. The molecule has 1 fully saturated rings. The van der Waals surface area contributed by atoms with Gasteiger partial charge in [-0.2, -0.15) is 11.8 Å². The standard InChI is InChI=1S/C10H11BrO2S2/c11-7-3-8(15-5-7)4-9(12)10-6-14-2-1-13-10/h3,5,10H,1-2,4,6H2. The minimum Gasteiger partial charge on any atom is -0.369 e. The van der Waals surface area contributed by atoms with Crippen molar-refractivity contribution >= 4 is 44.8 Å². The molecular weight excluding hydrogens is 296 g/mol. The van der Waals surface area contributed by atoms with Gasteiger partial charge in [-0.25, -0.2) is 0 Å². The van der Waals surface area contributed by atoms with Gasteiger partial charge in [0, 0.05) is 32.7 Å². The van der Waals surface area contributed by atoms with Crippen LogP contribution in [0.1, 0.15) is 4.88 Å². The van der Waals surface area contributed by atoms with E-state index in [-0.39, 0.29) is 11.9 Å². The molecule has 0 aliphatic carbocycles. The minimum atomic E-state index is -0.190. The third-order valence-corrected chi connectivity index (χ3v) is 4.84. The van der Waals surface area contributed by atoms with Gasteiger partial charge in [0.1, 0.15) is 6.10 Å². The van der Waals surface area contributed by atoms with E-state index in [2.05, 4.69) is 15.9 Å². The molecule has 0 amide bonds. The van der Waals surface area contributed by atoms with E-state index in [1.807, 2.05) is 11.4 Å². The Balaban J connectivity index is 1.91. The van der Waals surface area contributed by atoms with Crippen LogP contribution >= 0.6 is 39.0 Å². The van der Waals surface area contributed by atoms with E-state index in [0.29, 0.717) is 13.0 Å². The van der Waals surface area contributed by atoms with E-state index in [1.165, 1.54) is 0 Å². The lowest BCUT2D eigenvalue weighted by Crippen LogP contribution is -2.32. The summed E-state index contributed by atoms with van der Waals surface area (Å²) in [6, 6.07) is 2.00. The van der Waals surface area contributed by atoms with Crippen molar-refractivity contribution in [2.75, 3.05) is 18.1 Å². The van der Waals surface area contributed by atoms with Gasteiger partial charge in [0.25, 0.3) is 0 Å². The maximum atomic E-state index is 11.8. The van der Waals surface area contributed by atoms with Crippen molar-refractivity contribution in [2.24, 2.45) is 0 Å². The van der Waals surface area contributed by atoms with Gasteiger partial charge in [0.15, 0.2) is 5.78 Å². The summed E-state index contributed by atoms with van der Waals surface area (Å²) in [6.45, 7) is 0.704. The van der Waals surface area contributed by atoms with Gasteiger partial charge in [-0.05, 0) is 22.0 Å². The molecule has 1 aromatic heterocycles. The Labute approximate surface area is 106 Å². The first-order valence-electron chi connectivity index (χ1n) is 4.70. The number of thiophene rings is 1. The van der Waals surface area contributed by atoms with Gasteiger partial charge in [0.2, 0.25) is 0 Å². The second kappa shape index (κ2) is 5.48. The lowest BCUT2D eigenvalue weighted by atomic mass is 10.1. The van der Waals surface area contributed by atoms with Crippen molar-refractivity contribution in [2.45, 2.75) is 12.5 Å². The molecule has 15 heavy (non-hydrogen) atoms. The maximum Gasteiger partial charge on any atom is 0.167 e. The van der Waals surface area contributed by atoms with Crippen LogP contribution in [0.5, 0.6) is 0 Å².